The lowest BCUT2D eigenvalue weighted by atomic mass is 10.1. The maximum absolute atomic E-state index is 4.35. The molecule has 15 heavy (non-hydrogen) atoms. The number of aromatic nitrogens is 2. The zero-order chi connectivity index (χ0) is 11.1. The van der Waals surface area contributed by atoms with Crippen molar-refractivity contribution in [3.05, 3.63) is 18.2 Å². The van der Waals surface area contributed by atoms with Crippen LogP contribution in [0.2, 0.25) is 0 Å². The molecule has 1 rings (SSSR count). The molecule has 0 aliphatic carbocycles. The summed E-state index contributed by atoms with van der Waals surface area (Å²) in [6.45, 7) is 2.24. The van der Waals surface area contributed by atoms with Crippen LogP contribution in [0, 0.1) is 0 Å². The number of imidazole rings is 1. The third-order valence-corrected chi connectivity index (χ3v) is 2.91. The quantitative estimate of drug-likeness (QED) is 0.697. The van der Waals surface area contributed by atoms with E-state index in [0.717, 1.165) is 6.42 Å². The fourth-order valence-electron chi connectivity index (χ4n) is 1.80. The highest BCUT2D eigenvalue weighted by molar-refractivity contribution is 4.94. The lowest BCUT2D eigenvalue weighted by Gasteiger charge is -2.15. The van der Waals surface area contributed by atoms with Gasteiger partial charge in [0.1, 0.15) is 5.82 Å². The predicted octanol–water partition coefficient (Wildman–Crippen LogP) is 2.13. The summed E-state index contributed by atoms with van der Waals surface area (Å²) in [7, 11) is 4.10. The Labute approximate surface area is 92.9 Å². The van der Waals surface area contributed by atoms with Gasteiger partial charge in [-0.05, 0) is 13.5 Å². The molecule has 3 nitrogen and oxygen atoms in total. The van der Waals surface area contributed by atoms with Crippen molar-refractivity contribution in [3.63, 3.8) is 0 Å². The Morgan fingerprint density at radius 2 is 2.27 bits per heavy atom. The highest BCUT2D eigenvalue weighted by atomic mass is 15.0. The molecule has 1 aromatic rings. The van der Waals surface area contributed by atoms with Crippen LogP contribution in [0.5, 0.6) is 0 Å². The zero-order valence-electron chi connectivity index (χ0n) is 10.2. The van der Waals surface area contributed by atoms with Crippen molar-refractivity contribution >= 4 is 0 Å². The second-order valence-electron chi connectivity index (χ2n) is 4.14. The fourth-order valence-corrected chi connectivity index (χ4v) is 1.80. The van der Waals surface area contributed by atoms with Gasteiger partial charge in [0.2, 0.25) is 0 Å². The maximum atomic E-state index is 4.35. The molecule has 1 aromatic heterocycles. The fraction of sp³-hybridized carbons (Fsp3) is 0.750. The normalized spacial score (nSPS) is 13.0. The van der Waals surface area contributed by atoms with E-state index in [1.54, 1.807) is 0 Å². The minimum atomic E-state index is 0.567. The first-order chi connectivity index (χ1) is 7.27. The number of likely N-dealkylation sites (N-methyl/N-ethyl adjacent to an activating group) is 1. The Kier molecular flexibility index (Phi) is 5.40. The second-order valence-corrected chi connectivity index (χ2v) is 4.14. The van der Waals surface area contributed by atoms with Crippen LogP contribution in [0.4, 0.5) is 0 Å². The number of unbranched alkanes of at least 4 members (excludes halogenated alkanes) is 2. The van der Waals surface area contributed by atoms with Gasteiger partial charge < -0.3 is 9.88 Å². The minimum Gasteiger partial charge on any atom is -0.338 e. The van der Waals surface area contributed by atoms with E-state index in [1.165, 1.54) is 31.5 Å². The third-order valence-electron chi connectivity index (χ3n) is 2.91. The molecular formula is C12H23N3. The van der Waals surface area contributed by atoms with E-state index in [1.807, 2.05) is 19.4 Å². The molecule has 0 radical (unpaired) electrons. The number of rotatable bonds is 7. The van der Waals surface area contributed by atoms with Crippen molar-refractivity contribution in [2.45, 2.75) is 45.1 Å². The maximum Gasteiger partial charge on any atom is 0.109 e. The number of nitrogens with one attached hydrogen (secondary N) is 1. The van der Waals surface area contributed by atoms with Crippen LogP contribution in [-0.2, 0) is 13.5 Å². The highest BCUT2D eigenvalue weighted by Crippen LogP contribution is 2.08. The van der Waals surface area contributed by atoms with Crippen LogP contribution in [0.15, 0.2) is 12.4 Å². The standard InChI is InChI=1S/C12H23N3/c1-4-5-6-7-11(13-2)10-12-14-8-9-15(12)3/h8-9,11,13H,4-7,10H2,1-3H3. The van der Waals surface area contributed by atoms with E-state index in [0.29, 0.717) is 6.04 Å². The number of aryl methyl sites for hydroxylation is 1. The SMILES string of the molecule is CCCCCC(Cc1nccn1C)NC. The predicted molar refractivity (Wildman–Crippen MR) is 63.9 cm³/mol. The average molecular weight is 209 g/mol. The molecule has 0 spiro atoms. The molecule has 1 unspecified atom stereocenters. The van der Waals surface area contributed by atoms with Gasteiger partial charge in [0.15, 0.2) is 0 Å². The van der Waals surface area contributed by atoms with Gasteiger partial charge in [-0.3, -0.25) is 0 Å². The summed E-state index contributed by atoms with van der Waals surface area (Å²) in [5, 5.41) is 3.37. The second kappa shape index (κ2) is 6.62. The zero-order valence-corrected chi connectivity index (χ0v) is 10.2. The molecule has 86 valence electrons. The summed E-state index contributed by atoms with van der Waals surface area (Å²) >= 11 is 0. The molecule has 0 aliphatic rings. The van der Waals surface area contributed by atoms with E-state index in [2.05, 4.69) is 28.8 Å². The summed E-state index contributed by atoms with van der Waals surface area (Å²) in [6, 6.07) is 0.567. The van der Waals surface area contributed by atoms with E-state index in [9.17, 15) is 0 Å². The van der Waals surface area contributed by atoms with Crippen LogP contribution in [0.3, 0.4) is 0 Å². The highest BCUT2D eigenvalue weighted by Gasteiger charge is 2.09. The number of hydrogen-bond acceptors (Lipinski definition) is 2. The molecule has 0 amide bonds. The topological polar surface area (TPSA) is 29.9 Å². The van der Waals surface area contributed by atoms with Gasteiger partial charge in [0, 0.05) is 31.9 Å². The summed E-state index contributed by atoms with van der Waals surface area (Å²) in [6.07, 6.45) is 10.1. The molecular weight excluding hydrogens is 186 g/mol. The molecule has 3 heteroatoms. The van der Waals surface area contributed by atoms with Crippen LogP contribution in [0.25, 0.3) is 0 Å². The first-order valence-corrected chi connectivity index (χ1v) is 5.91. The van der Waals surface area contributed by atoms with Gasteiger partial charge in [0.25, 0.3) is 0 Å². The monoisotopic (exact) mass is 209 g/mol. The van der Waals surface area contributed by atoms with Crippen molar-refractivity contribution in [3.8, 4) is 0 Å². The summed E-state index contributed by atoms with van der Waals surface area (Å²) in [5.74, 6) is 1.17. The van der Waals surface area contributed by atoms with Crippen molar-refractivity contribution < 1.29 is 0 Å². The number of hydrogen-bond donors (Lipinski definition) is 1. The molecule has 1 atom stereocenters. The molecule has 0 fully saturated rings. The summed E-state index contributed by atoms with van der Waals surface area (Å²) < 4.78 is 2.10. The van der Waals surface area contributed by atoms with Crippen molar-refractivity contribution in [1.29, 1.82) is 0 Å². The lowest BCUT2D eigenvalue weighted by molar-refractivity contribution is 0.476. The lowest BCUT2D eigenvalue weighted by Crippen LogP contribution is -2.28. The Bertz CT molecular complexity index is 268. The third kappa shape index (κ3) is 4.04. The van der Waals surface area contributed by atoms with Crippen molar-refractivity contribution in [2.75, 3.05) is 7.05 Å². The van der Waals surface area contributed by atoms with Crippen LogP contribution < -0.4 is 5.32 Å². The van der Waals surface area contributed by atoms with E-state index < -0.39 is 0 Å². The van der Waals surface area contributed by atoms with Crippen molar-refractivity contribution in [2.24, 2.45) is 7.05 Å². The van der Waals surface area contributed by atoms with Gasteiger partial charge in [0.05, 0.1) is 0 Å². The largest absolute Gasteiger partial charge is 0.338 e. The van der Waals surface area contributed by atoms with E-state index in [-0.39, 0.29) is 0 Å². The molecule has 1 heterocycles. The van der Waals surface area contributed by atoms with Crippen LogP contribution in [-0.4, -0.2) is 22.6 Å². The van der Waals surface area contributed by atoms with Crippen LogP contribution in [0.1, 0.15) is 38.4 Å². The molecule has 0 saturated heterocycles. The first kappa shape index (κ1) is 12.2. The van der Waals surface area contributed by atoms with E-state index in [4.69, 9.17) is 0 Å². The van der Waals surface area contributed by atoms with Gasteiger partial charge in [-0.1, -0.05) is 26.2 Å². The van der Waals surface area contributed by atoms with Gasteiger partial charge in [-0.25, -0.2) is 4.98 Å². The summed E-state index contributed by atoms with van der Waals surface area (Å²) in [5.41, 5.74) is 0. The molecule has 0 aliphatic heterocycles. The smallest absolute Gasteiger partial charge is 0.109 e. The van der Waals surface area contributed by atoms with Crippen molar-refractivity contribution in [1.82, 2.24) is 14.9 Å². The molecule has 0 saturated carbocycles. The first-order valence-electron chi connectivity index (χ1n) is 5.91. The number of nitrogens with zero attached hydrogens (tertiary/aromatic N) is 2. The Morgan fingerprint density at radius 1 is 1.47 bits per heavy atom. The van der Waals surface area contributed by atoms with Gasteiger partial charge in [-0.2, -0.15) is 0 Å². The molecule has 0 bridgehead atoms. The average Bonchev–Trinajstić information content (AvgIpc) is 2.63. The summed E-state index contributed by atoms with van der Waals surface area (Å²) in [4.78, 5) is 4.35. The van der Waals surface area contributed by atoms with Gasteiger partial charge in [-0.15, -0.1) is 0 Å². The van der Waals surface area contributed by atoms with Crippen LogP contribution >= 0.6 is 0 Å². The molecule has 1 N–H and O–H groups in total. The van der Waals surface area contributed by atoms with Gasteiger partial charge >= 0.3 is 0 Å². The Hall–Kier alpha value is -0.830. The Morgan fingerprint density at radius 3 is 2.80 bits per heavy atom. The van der Waals surface area contributed by atoms with E-state index >= 15 is 0 Å². The Balaban J connectivity index is 2.36. The minimum absolute atomic E-state index is 0.567. The molecule has 0 aromatic carbocycles.